The number of carbonyl (C=O) groups excluding carboxylic acids is 4. The molecule has 13 heteroatoms. The van der Waals surface area contributed by atoms with Crippen LogP contribution in [-0.4, -0.2) is 101 Å². The maximum atomic E-state index is 15.9. The van der Waals surface area contributed by atoms with Gasteiger partial charge in [-0.05, 0) is 94.4 Å². The van der Waals surface area contributed by atoms with Crippen LogP contribution in [0.15, 0.2) is 30.5 Å². The van der Waals surface area contributed by atoms with Crippen LogP contribution < -0.4 is 16.0 Å². The van der Waals surface area contributed by atoms with Gasteiger partial charge in [-0.2, -0.15) is 5.10 Å². The monoisotopic (exact) mass is 670 g/mol. The van der Waals surface area contributed by atoms with E-state index in [-0.39, 0.29) is 47.1 Å². The van der Waals surface area contributed by atoms with Gasteiger partial charge in [-0.25, -0.2) is 4.39 Å². The second-order valence-electron chi connectivity index (χ2n) is 13.7. The molecular formula is C35H48FN7O5. The van der Waals surface area contributed by atoms with E-state index in [4.69, 9.17) is 11.6 Å². The van der Waals surface area contributed by atoms with Gasteiger partial charge in [-0.1, -0.05) is 13.0 Å². The van der Waals surface area contributed by atoms with Crippen molar-refractivity contribution in [3.05, 3.63) is 47.5 Å². The second-order valence-corrected chi connectivity index (χ2v) is 13.7. The van der Waals surface area contributed by atoms with Gasteiger partial charge in [-0.3, -0.25) is 28.8 Å². The molecule has 2 unspecified atom stereocenters. The van der Waals surface area contributed by atoms with Crippen molar-refractivity contribution < 1.29 is 35.2 Å². The predicted molar refractivity (Wildman–Crippen MR) is 176 cm³/mol. The van der Waals surface area contributed by atoms with Crippen LogP contribution in [0.4, 0.5) is 10.1 Å². The lowest BCUT2D eigenvalue weighted by atomic mass is 9.88. The minimum absolute atomic E-state index is 0.0502. The molecule has 3 N–H and O–H groups in total. The summed E-state index contributed by atoms with van der Waals surface area (Å²) in [4.78, 5) is 58.5. The second kappa shape index (κ2) is 13.9. The number of halogens is 1. The van der Waals surface area contributed by atoms with Crippen LogP contribution in [0.5, 0.6) is 0 Å². The maximum Gasteiger partial charge on any atom is 0.270 e. The van der Waals surface area contributed by atoms with Gasteiger partial charge in [0.25, 0.3) is 5.91 Å². The highest BCUT2D eigenvalue weighted by atomic mass is 19.1. The molecule has 48 heavy (non-hydrogen) atoms. The Labute approximate surface area is 288 Å². The lowest BCUT2D eigenvalue weighted by molar-refractivity contribution is -0.141. The van der Waals surface area contributed by atoms with Gasteiger partial charge in [0.2, 0.25) is 17.7 Å². The highest BCUT2D eigenvalue weighted by Crippen LogP contribution is 2.51. The Morgan fingerprint density at radius 3 is 2.42 bits per heavy atom. The maximum absolute atomic E-state index is 15.9. The van der Waals surface area contributed by atoms with Crippen molar-refractivity contribution in [2.24, 2.45) is 17.8 Å². The Balaban J connectivity index is 1.22. The van der Waals surface area contributed by atoms with Crippen LogP contribution in [0.2, 0.25) is 0 Å². The van der Waals surface area contributed by atoms with Gasteiger partial charge < -0.3 is 25.6 Å². The number of rotatable bonds is 14. The number of hydrogen-bond donors (Lipinski definition) is 3. The Hall–Kier alpha value is -3.84. The van der Waals surface area contributed by atoms with E-state index in [2.05, 4.69) is 25.9 Å². The summed E-state index contributed by atoms with van der Waals surface area (Å²) in [6.45, 7) is -1.64. The first kappa shape index (κ1) is 28.0. The number of fused-ring (bicyclic) bond motifs is 1. The van der Waals surface area contributed by atoms with E-state index in [1.54, 1.807) is 24.8 Å². The number of hydrogen-bond acceptors (Lipinski definition) is 7. The Morgan fingerprint density at radius 1 is 1.04 bits per heavy atom. The highest BCUT2D eigenvalue weighted by Gasteiger charge is 2.51. The van der Waals surface area contributed by atoms with Crippen molar-refractivity contribution in [3.8, 4) is 0 Å². The molecule has 0 bridgehead atoms. The molecule has 4 fully saturated rings. The molecule has 0 radical (unpaired) electrons. The minimum Gasteiger partial charge on any atom is -0.372 e. The van der Waals surface area contributed by atoms with Crippen LogP contribution in [-0.2, 0) is 25.6 Å². The third kappa shape index (κ3) is 7.12. The largest absolute Gasteiger partial charge is 0.372 e. The van der Waals surface area contributed by atoms with Gasteiger partial charge in [-0.15, -0.1) is 0 Å². The number of carbonyl (C=O) groups is 4. The zero-order chi connectivity index (χ0) is 38.6. The first-order valence-corrected chi connectivity index (χ1v) is 16.7. The number of aromatic nitrogens is 2. The van der Waals surface area contributed by atoms with Gasteiger partial charge in [0, 0.05) is 55.0 Å². The fourth-order valence-electron chi connectivity index (χ4n) is 7.13. The molecule has 2 aromatic rings. The molecule has 1 saturated heterocycles. The third-order valence-electron chi connectivity index (χ3n) is 10.5. The summed E-state index contributed by atoms with van der Waals surface area (Å²) in [5, 5.41) is 12.0. The number of anilines is 1. The quantitative estimate of drug-likeness (QED) is 0.281. The van der Waals surface area contributed by atoms with Crippen molar-refractivity contribution in [1.29, 1.82) is 0 Å². The fourth-order valence-corrected chi connectivity index (χ4v) is 7.13. The van der Waals surface area contributed by atoms with E-state index in [1.165, 1.54) is 25.3 Å². The molecule has 4 aliphatic rings. The molecule has 6 atom stereocenters. The average molecular weight is 671 g/mol. The molecule has 3 aliphatic carbocycles. The van der Waals surface area contributed by atoms with Crippen LogP contribution in [0.3, 0.4) is 0 Å². The third-order valence-corrected chi connectivity index (χ3v) is 10.5. The zero-order valence-electron chi connectivity index (χ0n) is 32.7. The number of ether oxygens (including phenoxy) is 1. The summed E-state index contributed by atoms with van der Waals surface area (Å²) in [6, 6.07) is 3.55. The topological polar surface area (TPSA) is 138 Å². The molecule has 6 rings (SSSR count). The lowest BCUT2D eigenvalue weighted by Crippen LogP contribution is -2.57. The number of amides is 4. The molecule has 1 aromatic carbocycles. The van der Waals surface area contributed by atoms with Crippen LogP contribution in [0, 0.1) is 23.6 Å². The number of likely N-dealkylation sites (N-methyl/N-ethyl adjacent to an activating group) is 1. The van der Waals surface area contributed by atoms with Crippen molar-refractivity contribution >= 4 is 29.3 Å². The standard InChI is InChI=1S/C35H48FN7O5/c1-6-43-26(13-14-37-43)33(45)40-31(29(21-7-8-21)22-9-10-22)34(46)38-25-12-11-23(17-24(25)36)19(2)30(39-32(44)20(3)48-5)35(47)42-16-15-41(4)27-18-28(27)42/h11-14,17,19-22,27-31H,6-10,15-16,18H2,1-5H3,(H,38,46)(H,39,44)(H,40,45)/t19-,20-,27?,28?,30+,31-/m0/s1/i1D3,6D2. The summed E-state index contributed by atoms with van der Waals surface area (Å²) >= 11 is 0. The highest BCUT2D eigenvalue weighted by molar-refractivity contribution is 6.01. The molecule has 2 heterocycles. The molecule has 12 nitrogen and oxygen atoms in total. The number of methoxy groups -OCH3 is 1. The predicted octanol–water partition coefficient (Wildman–Crippen LogP) is 2.75. The normalized spacial score (nSPS) is 25.2. The Kier molecular flexibility index (Phi) is 8.15. The van der Waals surface area contributed by atoms with E-state index in [1.807, 2.05) is 7.05 Å². The van der Waals surface area contributed by atoms with E-state index >= 15 is 4.39 Å². The number of aryl methyl sites for hydroxylation is 1. The summed E-state index contributed by atoms with van der Waals surface area (Å²) in [5.41, 5.74) is -0.107. The number of nitrogens with zero attached hydrogens (tertiary/aromatic N) is 4. The number of benzene rings is 1. The van der Waals surface area contributed by atoms with Crippen molar-refractivity contribution in [1.82, 2.24) is 30.2 Å². The van der Waals surface area contributed by atoms with Gasteiger partial charge in [0.1, 0.15) is 29.7 Å². The summed E-state index contributed by atoms with van der Waals surface area (Å²) < 4.78 is 60.7. The van der Waals surface area contributed by atoms with Crippen molar-refractivity contribution in [2.75, 3.05) is 32.6 Å². The van der Waals surface area contributed by atoms with Crippen LogP contribution in [0.25, 0.3) is 0 Å². The fraction of sp³-hybridized carbons (Fsp3) is 0.629. The van der Waals surface area contributed by atoms with Crippen LogP contribution in [0.1, 0.15) is 81.6 Å². The summed E-state index contributed by atoms with van der Waals surface area (Å²) in [6.07, 6.45) is 4.57. The average Bonchev–Trinajstić information content (AvgIpc) is 4.00. The van der Waals surface area contributed by atoms with Gasteiger partial charge in [0.15, 0.2) is 0 Å². The van der Waals surface area contributed by atoms with Crippen molar-refractivity contribution in [3.63, 3.8) is 0 Å². The number of piperazine rings is 1. The smallest absolute Gasteiger partial charge is 0.270 e. The van der Waals surface area contributed by atoms with E-state index in [9.17, 15) is 19.2 Å². The Bertz CT molecular complexity index is 1720. The SMILES string of the molecule is [2H]C([2H])([2H])C([2H])([2H])n1nccc1C(=O)N[C@H](C(=O)Nc1ccc([C@H](C)[C@@H](NC(=O)[C@H](C)OC)C(=O)N2CCN(C)C3CC32)cc1F)C(C1CC1)C1CC1. The van der Waals surface area contributed by atoms with Crippen molar-refractivity contribution in [2.45, 2.75) is 95.5 Å². The molecule has 1 aromatic heterocycles. The molecular weight excluding hydrogens is 617 g/mol. The van der Waals surface area contributed by atoms with E-state index in [0.717, 1.165) is 38.3 Å². The van der Waals surface area contributed by atoms with Gasteiger partial charge in [0.05, 0.1) is 8.43 Å². The molecule has 0 spiro atoms. The first-order chi connectivity index (χ1) is 24.9. The minimum atomic E-state index is -3.14. The molecule has 4 amide bonds. The van der Waals surface area contributed by atoms with E-state index < -0.39 is 61.0 Å². The Morgan fingerprint density at radius 2 is 1.77 bits per heavy atom. The van der Waals surface area contributed by atoms with Crippen LogP contribution >= 0.6 is 0 Å². The zero-order valence-corrected chi connectivity index (χ0v) is 27.7. The van der Waals surface area contributed by atoms with E-state index in [0.29, 0.717) is 23.3 Å². The molecule has 260 valence electrons. The molecule has 3 saturated carbocycles. The summed E-state index contributed by atoms with van der Waals surface area (Å²) in [5.74, 6) is -3.68. The number of nitrogens with one attached hydrogen (secondary N) is 3. The molecule has 1 aliphatic heterocycles. The first-order valence-electron chi connectivity index (χ1n) is 19.2. The lowest BCUT2D eigenvalue weighted by Gasteiger charge is -2.36. The summed E-state index contributed by atoms with van der Waals surface area (Å²) in [7, 11) is 3.41. The van der Waals surface area contributed by atoms with Gasteiger partial charge >= 0.3 is 0 Å².